The van der Waals surface area contributed by atoms with E-state index in [-0.39, 0.29) is 23.9 Å². The molecule has 1 aliphatic heterocycles. The first-order valence-corrected chi connectivity index (χ1v) is 7.95. The van der Waals surface area contributed by atoms with Crippen molar-refractivity contribution in [1.82, 2.24) is 10.2 Å². The van der Waals surface area contributed by atoms with E-state index in [1.165, 1.54) is 38.8 Å². The van der Waals surface area contributed by atoms with Gasteiger partial charge in [0, 0.05) is 18.6 Å². The zero-order chi connectivity index (χ0) is 13.7. The van der Waals surface area contributed by atoms with Crippen molar-refractivity contribution in [3.05, 3.63) is 0 Å². The summed E-state index contributed by atoms with van der Waals surface area (Å²) in [5.74, 6) is 0.217. The standard InChI is InChI=1S/C15H29N3O/c1-12(11-18-9-5-2-6-10-18)17-15(19)13-7-3-4-8-14(13)16/h12-14H,2-11,16H2,1H3,(H,17,19). The third-order valence-electron chi connectivity index (χ3n) is 4.53. The van der Waals surface area contributed by atoms with E-state index in [2.05, 4.69) is 17.1 Å². The number of carbonyl (C=O) groups excluding carboxylic acids is 1. The molecule has 0 spiro atoms. The third-order valence-corrected chi connectivity index (χ3v) is 4.53. The first-order valence-electron chi connectivity index (χ1n) is 7.95. The van der Waals surface area contributed by atoms with Crippen LogP contribution in [0.4, 0.5) is 0 Å². The molecule has 0 bridgehead atoms. The van der Waals surface area contributed by atoms with Gasteiger partial charge < -0.3 is 16.0 Å². The monoisotopic (exact) mass is 267 g/mol. The van der Waals surface area contributed by atoms with Crippen LogP contribution in [-0.2, 0) is 4.79 Å². The number of carbonyl (C=O) groups is 1. The summed E-state index contributed by atoms with van der Waals surface area (Å²) in [5, 5.41) is 3.17. The lowest BCUT2D eigenvalue weighted by molar-refractivity contribution is -0.127. The summed E-state index contributed by atoms with van der Waals surface area (Å²) in [6.45, 7) is 5.46. The fraction of sp³-hybridized carbons (Fsp3) is 0.933. The first kappa shape index (κ1) is 14.8. The number of hydrogen-bond donors (Lipinski definition) is 2. The van der Waals surface area contributed by atoms with Crippen molar-refractivity contribution in [2.45, 2.75) is 64.0 Å². The van der Waals surface area contributed by atoms with Gasteiger partial charge in [-0.3, -0.25) is 4.79 Å². The minimum Gasteiger partial charge on any atom is -0.352 e. The number of hydrogen-bond acceptors (Lipinski definition) is 3. The predicted molar refractivity (Wildman–Crippen MR) is 77.8 cm³/mol. The summed E-state index contributed by atoms with van der Waals surface area (Å²) >= 11 is 0. The minimum absolute atomic E-state index is 0.0394. The number of nitrogens with one attached hydrogen (secondary N) is 1. The number of amides is 1. The summed E-state index contributed by atoms with van der Waals surface area (Å²) in [5.41, 5.74) is 6.07. The highest BCUT2D eigenvalue weighted by Crippen LogP contribution is 2.23. The highest BCUT2D eigenvalue weighted by atomic mass is 16.2. The zero-order valence-corrected chi connectivity index (χ0v) is 12.2. The maximum absolute atomic E-state index is 12.3. The molecule has 110 valence electrons. The second kappa shape index (κ2) is 7.25. The molecule has 3 atom stereocenters. The van der Waals surface area contributed by atoms with Gasteiger partial charge in [0.2, 0.25) is 5.91 Å². The Kier molecular flexibility index (Phi) is 5.64. The van der Waals surface area contributed by atoms with Gasteiger partial charge in [-0.25, -0.2) is 0 Å². The molecule has 0 radical (unpaired) electrons. The van der Waals surface area contributed by atoms with Crippen LogP contribution in [-0.4, -0.2) is 42.5 Å². The van der Waals surface area contributed by atoms with Crippen LogP contribution in [0.1, 0.15) is 51.9 Å². The van der Waals surface area contributed by atoms with Gasteiger partial charge in [-0.1, -0.05) is 19.3 Å². The molecule has 0 aromatic rings. The predicted octanol–water partition coefficient (Wildman–Crippen LogP) is 1.49. The molecular formula is C15H29N3O. The molecule has 2 rings (SSSR count). The summed E-state index contributed by atoms with van der Waals surface area (Å²) < 4.78 is 0. The van der Waals surface area contributed by atoms with Crippen molar-refractivity contribution >= 4 is 5.91 Å². The van der Waals surface area contributed by atoms with Crippen molar-refractivity contribution in [3.8, 4) is 0 Å². The Hall–Kier alpha value is -0.610. The molecule has 2 aliphatic rings. The SMILES string of the molecule is CC(CN1CCCCC1)NC(=O)C1CCCCC1N. The zero-order valence-electron chi connectivity index (χ0n) is 12.2. The second-order valence-electron chi connectivity index (χ2n) is 6.33. The molecule has 1 saturated heterocycles. The molecule has 2 fully saturated rings. The molecule has 0 aromatic heterocycles. The van der Waals surface area contributed by atoms with Crippen LogP contribution in [0.15, 0.2) is 0 Å². The van der Waals surface area contributed by atoms with Crippen LogP contribution in [0.2, 0.25) is 0 Å². The molecule has 1 saturated carbocycles. The molecule has 1 heterocycles. The van der Waals surface area contributed by atoms with E-state index in [0.29, 0.717) is 0 Å². The average molecular weight is 267 g/mol. The summed E-state index contributed by atoms with van der Waals surface area (Å²) in [4.78, 5) is 14.7. The van der Waals surface area contributed by atoms with Gasteiger partial charge in [0.1, 0.15) is 0 Å². The van der Waals surface area contributed by atoms with Gasteiger partial charge in [0.25, 0.3) is 0 Å². The van der Waals surface area contributed by atoms with Crippen LogP contribution in [0, 0.1) is 5.92 Å². The van der Waals surface area contributed by atoms with E-state index in [4.69, 9.17) is 5.73 Å². The smallest absolute Gasteiger partial charge is 0.224 e. The van der Waals surface area contributed by atoms with E-state index in [1.54, 1.807) is 0 Å². The van der Waals surface area contributed by atoms with Gasteiger partial charge in [0.15, 0.2) is 0 Å². The van der Waals surface area contributed by atoms with Crippen LogP contribution in [0.25, 0.3) is 0 Å². The lowest BCUT2D eigenvalue weighted by atomic mass is 9.84. The van der Waals surface area contributed by atoms with Crippen molar-refractivity contribution in [2.24, 2.45) is 11.7 Å². The fourth-order valence-corrected chi connectivity index (χ4v) is 3.41. The largest absolute Gasteiger partial charge is 0.352 e. The molecular weight excluding hydrogens is 238 g/mol. The average Bonchev–Trinajstić information content (AvgIpc) is 2.40. The Morgan fingerprint density at radius 1 is 1.21 bits per heavy atom. The van der Waals surface area contributed by atoms with E-state index < -0.39 is 0 Å². The van der Waals surface area contributed by atoms with Gasteiger partial charge in [-0.05, 0) is 45.7 Å². The maximum Gasteiger partial charge on any atom is 0.224 e. The third kappa shape index (κ3) is 4.46. The molecule has 1 aliphatic carbocycles. The number of nitrogens with two attached hydrogens (primary N) is 1. The fourth-order valence-electron chi connectivity index (χ4n) is 3.41. The minimum atomic E-state index is 0.0394. The lowest BCUT2D eigenvalue weighted by Crippen LogP contribution is -2.49. The van der Waals surface area contributed by atoms with Crippen LogP contribution >= 0.6 is 0 Å². The Labute approximate surface area is 117 Å². The maximum atomic E-state index is 12.3. The van der Waals surface area contributed by atoms with Gasteiger partial charge >= 0.3 is 0 Å². The van der Waals surface area contributed by atoms with E-state index in [1.807, 2.05) is 0 Å². The molecule has 0 aromatic carbocycles. The molecule has 1 amide bonds. The summed E-state index contributed by atoms with van der Waals surface area (Å²) in [7, 11) is 0. The number of piperidine rings is 1. The van der Waals surface area contributed by atoms with Crippen molar-refractivity contribution in [3.63, 3.8) is 0 Å². The van der Waals surface area contributed by atoms with Gasteiger partial charge in [-0.15, -0.1) is 0 Å². The normalized spacial score (nSPS) is 30.8. The molecule has 3 unspecified atom stereocenters. The van der Waals surface area contributed by atoms with Crippen molar-refractivity contribution < 1.29 is 4.79 Å². The van der Waals surface area contributed by atoms with Crippen molar-refractivity contribution in [1.29, 1.82) is 0 Å². The quantitative estimate of drug-likeness (QED) is 0.811. The highest BCUT2D eigenvalue weighted by molar-refractivity contribution is 5.79. The second-order valence-corrected chi connectivity index (χ2v) is 6.33. The Balaban J connectivity index is 1.74. The summed E-state index contributed by atoms with van der Waals surface area (Å²) in [6.07, 6.45) is 8.24. The molecule has 4 heteroatoms. The summed E-state index contributed by atoms with van der Waals surface area (Å²) in [6, 6.07) is 0.302. The molecule has 4 nitrogen and oxygen atoms in total. The van der Waals surface area contributed by atoms with Gasteiger partial charge in [0.05, 0.1) is 5.92 Å². The van der Waals surface area contributed by atoms with E-state index in [9.17, 15) is 4.79 Å². The lowest BCUT2D eigenvalue weighted by Gasteiger charge is -2.32. The van der Waals surface area contributed by atoms with E-state index >= 15 is 0 Å². The van der Waals surface area contributed by atoms with Crippen molar-refractivity contribution in [2.75, 3.05) is 19.6 Å². The van der Waals surface area contributed by atoms with E-state index in [0.717, 1.165) is 25.8 Å². The number of likely N-dealkylation sites (tertiary alicyclic amines) is 1. The first-order chi connectivity index (χ1) is 9.16. The van der Waals surface area contributed by atoms with Gasteiger partial charge in [-0.2, -0.15) is 0 Å². The number of rotatable bonds is 4. The van der Waals surface area contributed by atoms with Crippen LogP contribution in [0.3, 0.4) is 0 Å². The Bertz CT molecular complexity index is 289. The van der Waals surface area contributed by atoms with Crippen LogP contribution < -0.4 is 11.1 Å². The topological polar surface area (TPSA) is 58.4 Å². The highest BCUT2D eigenvalue weighted by Gasteiger charge is 2.29. The Morgan fingerprint density at radius 2 is 1.89 bits per heavy atom. The van der Waals surface area contributed by atoms with Crippen LogP contribution in [0.5, 0.6) is 0 Å². The molecule has 19 heavy (non-hydrogen) atoms. The number of nitrogens with zero attached hydrogens (tertiary/aromatic N) is 1. The Morgan fingerprint density at radius 3 is 2.58 bits per heavy atom. The molecule has 3 N–H and O–H groups in total.